The maximum atomic E-state index is 11.5. The van der Waals surface area contributed by atoms with E-state index in [0.717, 1.165) is 31.6 Å². The summed E-state index contributed by atoms with van der Waals surface area (Å²) in [5, 5.41) is 0. The highest BCUT2D eigenvalue weighted by Crippen LogP contribution is 2.26. The van der Waals surface area contributed by atoms with E-state index in [2.05, 4.69) is 11.6 Å². The molecule has 0 atom stereocenters. The van der Waals surface area contributed by atoms with Crippen LogP contribution in [0.3, 0.4) is 0 Å². The van der Waals surface area contributed by atoms with Gasteiger partial charge in [-0.25, -0.2) is 0 Å². The Hall–Kier alpha value is -2.17. The van der Waals surface area contributed by atoms with Gasteiger partial charge >= 0.3 is 0 Å². The van der Waals surface area contributed by atoms with Gasteiger partial charge in [-0.05, 0) is 31.1 Å². The number of amides is 2. The molecule has 0 bridgehead atoms. The molecule has 1 fully saturated rings. The van der Waals surface area contributed by atoms with Gasteiger partial charge in [0.15, 0.2) is 0 Å². The summed E-state index contributed by atoms with van der Waals surface area (Å²) in [5.41, 5.74) is 6.55. The van der Waals surface area contributed by atoms with Gasteiger partial charge in [-0.1, -0.05) is 6.58 Å². The van der Waals surface area contributed by atoms with Crippen molar-refractivity contribution >= 4 is 11.8 Å². The number of nitrogens with two attached hydrogens (primary N) is 1. The first-order chi connectivity index (χ1) is 9.11. The predicted octanol–water partition coefficient (Wildman–Crippen LogP) is 1.07. The Bertz CT molecular complexity index is 488. The summed E-state index contributed by atoms with van der Waals surface area (Å²) in [5.74, 6) is -0.156. The van der Waals surface area contributed by atoms with Crippen LogP contribution in [0.1, 0.15) is 34.8 Å². The van der Waals surface area contributed by atoms with Crippen molar-refractivity contribution in [1.82, 2.24) is 9.88 Å². The van der Waals surface area contributed by atoms with E-state index in [-0.39, 0.29) is 5.91 Å². The highest BCUT2D eigenvalue weighted by Gasteiger charge is 2.23. The van der Waals surface area contributed by atoms with Crippen molar-refractivity contribution in [2.24, 2.45) is 5.73 Å². The summed E-state index contributed by atoms with van der Waals surface area (Å²) in [7, 11) is 0. The molecule has 0 aliphatic carbocycles. The second kappa shape index (κ2) is 5.65. The number of nitrogens with zero attached hydrogens (tertiary/aromatic N) is 2. The highest BCUT2D eigenvalue weighted by molar-refractivity contribution is 5.92. The molecule has 0 spiro atoms. The van der Waals surface area contributed by atoms with Gasteiger partial charge in [0, 0.05) is 30.9 Å². The summed E-state index contributed by atoms with van der Waals surface area (Å²) >= 11 is 0. The average Bonchev–Trinajstić information content (AvgIpc) is 2.46. The van der Waals surface area contributed by atoms with Gasteiger partial charge < -0.3 is 10.6 Å². The Kier molecular flexibility index (Phi) is 3.94. The molecule has 1 aromatic rings. The molecule has 100 valence electrons. The van der Waals surface area contributed by atoms with Crippen LogP contribution in [0.4, 0.5) is 0 Å². The lowest BCUT2D eigenvalue weighted by Gasteiger charge is -2.31. The number of hydrogen-bond acceptors (Lipinski definition) is 3. The summed E-state index contributed by atoms with van der Waals surface area (Å²) < 4.78 is 0. The van der Waals surface area contributed by atoms with Crippen LogP contribution < -0.4 is 5.73 Å². The zero-order valence-electron chi connectivity index (χ0n) is 10.7. The average molecular weight is 259 g/mol. The van der Waals surface area contributed by atoms with Gasteiger partial charge in [-0.3, -0.25) is 14.6 Å². The Morgan fingerprint density at radius 1 is 1.37 bits per heavy atom. The molecule has 2 amide bonds. The molecule has 1 aromatic heterocycles. The van der Waals surface area contributed by atoms with Crippen molar-refractivity contribution in [3.8, 4) is 0 Å². The second-order valence-corrected chi connectivity index (χ2v) is 4.64. The van der Waals surface area contributed by atoms with Crippen molar-refractivity contribution in [3.63, 3.8) is 0 Å². The summed E-state index contributed by atoms with van der Waals surface area (Å²) in [6.45, 7) is 4.93. The summed E-state index contributed by atoms with van der Waals surface area (Å²) in [4.78, 5) is 28.5. The fraction of sp³-hybridized carbons (Fsp3) is 0.357. The van der Waals surface area contributed by atoms with E-state index in [1.165, 1.54) is 12.3 Å². The van der Waals surface area contributed by atoms with E-state index in [0.29, 0.717) is 11.5 Å². The second-order valence-electron chi connectivity index (χ2n) is 4.64. The van der Waals surface area contributed by atoms with Crippen LogP contribution in [-0.2, 0) is 4.79 Å². The standard InChI is InChI=1S/C14H17N3O2/c1-2-13(18)17-7-5-10(6-8-17)12-4-3-11(9-16-12)14(15)19/h2-4,9-10H,1,5-8H2,(H2,15,19). The zero-order chi connectivity index (χ0) is 13.8. The fourth-order valence-electron chi connectivity index (χ4n) is 2.32. The van der Waals surface area contributed by atoms with Crippen LogP contribution in [0.2, 0.25) is 0 Å². The van der Waals surface area contributed by atoms with Gasteiger partial charge in [0.25, 0.3) is 0 Å². The quantitative estimate of drug-likeness (QED) is 0.825. The Morgan fingerprint density at radius 3 is 2.53 bits per heavy atom. The minimum Gasteiger partial charge on any atom is -0.366 e. The van der Waals surface area contributed by atoms with Crippen molar-refractivity contribution in [2.45, 2.75) is 18.8 Å². The smallest absolute Gasteiger partial charge is 0.250 e. The van der Waals surface area contributed by atoms with E-state index in [1.807, 2.05) is 6.07 Å². The van der Waals surface area contributed by atoms with E-state index in [9.17, 15) is 9.59 Å². The Balaban J connectivity index is 1.99. The van der Waals surface area contributed by atoms with Crippen LogP contribution >= 0.6 is 0 Å². The molecule has 0 saturated carbocycles. The topological polar surface area (TPSA) is 76.3 Å². The molecule has 1 saturated heterocycles. The number of primary amides is 1. The van der Waals surface area contributed by atoms with Crippen molar-refractivity contribution in [1.29, 1.82) is 0 Å². The molecule has 5 nitrogen and oxygen atoms in total. The van der Waals surface area contributed by atoms with E-state index in [1.54, 1.807) is 11.0 Å². The highest BCUT2D eigenvalue weighted by atomic mass is 16.2. The molecule has 2 rings (SSSR count). The third kappa shape index (κ3) is 2.99. The first kappa shape index (κ1) is 13.3. The number of rotatable bonds is 3. The summed E-state index contributed by atoms with van der Waals surface area (Å²) in [6, 6.07) is 3.54. The minimum absolute atomic E-state index is 0.0181. The van der Waals surface area contributed by atoms with Gasteiger partial charge in [-0.2, -0.15) is 0 Å². The molecule has 5 heteroatoms. The number of aromatic nitrogens is 1. The van der Waals surface area contributed by atoms with Gasteiger partial charge in [0.1, 0.15) is 0 Å². The number of piperidine rings is 1. The van der Waals surface area contributed by atoms with Crippen molar-refractivity contribution in [2.75, 3.05) is 13.1 Å². The minimum atomic E-state index is -0.467. The number of carbonyl (C=O) groups is 2. The first-order valence-electron chi connectivity index (χ1n) is 6.29. The summed E-state index contributed by atoms with van der Waals surface area (Å²) in [6.07, 6.45) is 4.62. The maximum Gasteiger partial charge on any atom is 0.250 e. The van der Waals surface area contributed by atoms with E-state index < -0.39 is 5.91 Å². The SMILES string of the molecule is C=CC(=O)N1CCC(c2ccc(C(N)=O)cn2)CC1. The lowest BCUT2D eigenvalue weighted by Crippen LogP contribution is -2.36. The van der Waals surface area contributed by atoms with Gasteiger partial charge in [0.2, 0.25) is 11.8 Å². The third-order valence-electron chi connectivity index (χ3n) is 3.47. The first-order valence-corrected chi connectivity index (χ1v) is 6.29. The molecule has 0 radical (unpaired) electrons. The molecule has 0 aromatic carbocycles. The third-order valence-corrected chi connectivity index (χ3v) is 3.47. The van der Waals surface area contributed by atoms with E-state index >= 15 is 0 Å². The molecular formula is C14H17N3O2. The van der Waals surface area contributed by atoms with Crippen molar-refractivity contribution in [3.05, 3.63) is 42.2 Å². The molecule has 1 aliphatic rings. The van der Waals surface area contributed by atoms with Crippen LogP contribution in [0, 0.1) is 0 Å². The fourth-order valence-corrected chi connectivity index (χ4v) is 2.32. The number of pyridine rings is 1. The van der Waals surface area contributed by atoms with Gasteiger partial charge in [-0.15, -0.1) is 0 Å². The molecule has 19 heavy (non-hydrogen) atoms. The van der Waals surface area contributed by atoms with Crippen LogP contribution in [0.15, 0.2) is 31.0 Å². The molecular weight excluding hydrogens is 242 g/mol. The molecule has 1 aliphatic heterocycles. The number of hydrogen-bond donors (Lipinski definition) is 1. The zero-order valence-corrected chi connectivity index (χ0v) is 10.7. The molecule has 0 unspecified atom stereocenters. The predicted molar refractivity (Wildman–Crippen MR) is 71.5 cm³/mol. The monoisotopic (exact) mass is 259 g/mol. The van der Waals surface area contributed by atoms with Crippen LogP contribution in [-0.4, -0.2) is 34.8 Å². The van der Waals surface area contributed by atoms with Crippen LogP contribution in [0.25, 0.3) is 0 Å². The van der Waals surface area contributed by atoms with Crippen molar-refractivity contribution < 1.29 is 9.59 Å². The number of carbonyl (C=O) groups excluding carboxylic acids is 2. The Labute approximate surface area is 112 Å². The van der Waals surface area contributed by atoms with Gasteiger partial charge in [0.05, 0.1) is 5.56 Å². The van der Waals surface area contributed by atoms with Crippen LogP contribution in [0.5, 0.6) is 0 Å². The molecule has 2 N–H and O–H groups in total. The maximum absolute atomic E-state index is 11.5. The Morgan fingerprint density at radius 2 is 2.05 bits per heavy atom. The molecule has 2 heterocycles. The van der Waals surface area contributed by atoms with E-state index in [4.69, 9.17) is 5.73 Å². The lowest BCUT2D eigenvalue weighted by atomic mass is 9.93. The lowest BCUT2D eigenvalue weighted by molar-refractivity contribution is -0.127. The normalized spacial score (nSPS) is 16.1. The largest absolute Gasteiger partial charge is 0.366 e. The number of likely N-dealkylation sites (tertiary alicyclic amines) is 1.